The van der Waals surface area contributed by atoms with Crippen LogP contribution in [0.25, 0.3) is 10.6 Å². The molecule has 0 unspecified atom stereocenters. The molecule has 5 heteroatoms. The van der Waals surface area contributed by atoms with Crippen LogP contribution in [-0.2, 0) is 0 Å². The van der Waals surface area contributed by atoms with Gasteiger partial charge in [-0.2, -0.15) is 5.26 Å². The van der Waals surface area contributed by atoms with Gasteiger partial charge in [0.1, 0.15) is 6.07 Å². The average molecular weight is 354 g/mol. The van der Waals surface area contributed by atoms with Crippen molar-refractivity contribution in [1.29, 1.82) is 5.26 Å². The van der Waals surface area contributed by atoms with Gasteiger partial charge in [0.25, 0.3) is 0 Å². The molecule has 0 fully saturated rings. The predicted molar refractivity (Wildman–Crippen MR) is 81.7 cm³/mol. The molecule has 0 spiro atoms. The van der Waals surface area contributed by atoms with Crippen molar-refractivity contribution in [2.45, 2.75) is 0 Å². The van der Waals surface area contributed by atoms with Crippen molar-refractivity contribution in [3.8, 4) is 6.07 Å². The number of aromatic nitrogens is 1. The monoisotopic (exact) mass is 352 g/mol. The van der Waals surface area contributed by atoms with E-state index < -0.39 is 0 Å². The van der Waals surface area contributed by atoms with Crippen LogP contribution < -0.4 is 0 Å². The summed E-state index contributed by atoms with van der Waals surface area (Å²) in [6.45, 7) is 0. The summed E-state index contributed by atoms with van der Waals surface area (Å²) in [6, 6.07) is 10.8. The van der Waals surface area contributed by atoms with E-state index in [1.165, 1.54) is 0 Å². The second-order valence-corrected chi connectivity index (χ2v) is 5.33. The molecule has 19 heavy (non-hydrogen) atoms. The standard InChI is InChI=1S/C14H7BrCl2N2/c15-13-2-1-10(16)7-11(13)14(17)12(8-18)9-3-5-19-6-4-9/h1-7H/b14-12-. The van der Waals surface area contributed by atoms with Gasteiger partial charge in [0.2, 0.25) is 0 Å². The van der Waals surface area contributed by atoms with Crippen molar-refractivity contribution < 1.29 is 0 Å². The summed E-state index contributed by atoms with van der Waals surface area (Å²) in [5.74, 6) is 0. The zero-order valence-corrected chi connectivity index (χ0v) is 12.7. The van der Waals surface area contributed by atoms with E-state index in [1.54, 1.807) is 42.7 Å². The molecule has 2 aromatic rings. The summed E-state index contributed by atoms with van der Waals surface area (Å²) in [6.07, 6.45) is 3.23. The minimum absolute atomic E-state index is 0.350. The van der Waals surface area contributed by atoms with E-state index in [4.69, 9.17) is 23.2 Å². The number of halogens is 3. The first-order valence-electron chi connectivity index (χ1n) is 5.29. The molecule has 0 bridgehead atoms. The molecule has 0 saturated carbocycles. The number of hydrogen-bond donors (Lipinski definition) is 0. The number of benzene rings is 1. The van der Waals surface area contributed by atoms with Gasteiger partial charge in [-0.25, -0.2) is 0 Å². The van der Waals surface area contributed by atoms with Crippen LogP contribution in [0, 0.1) is 11.3 Å². The van der Waals surface area contributed by atoms with Crippen LogP contribution in [0.5, 0.6) is 0 Å². The Bertz CT molecular complexity index is 676. The molecule has 0 N–H and O–H groups in total. The van der Waals surface area contributed by atoms with Crippen LogP contribution in [-0.4, -0.2) is 4.98 Å². The zero-order valence-electron chi connectivity index (χ0n) is 9.57. The molecule has 0 aliphatic rings. The summed E-state index contributed by atoms with van der Waals surface area (Å²) in [7, 11) is 0. The van der Waals surface area contributed by atoms with Crippen molar-refractivity contribution >= 4 is 49.7 Å². The number of pyridine rings is 1. The molecule has 0 radical (unpaired) electrons. The summed E-state index contributed by atoms with van der Waals surface area (Å²) in [4.78, 5) is 3.92. The normalized spacial score (nSPS) is 11.7. The van der Waals surface area contributed by atoms with Crippen LogP contribution in [0.2, 0.25) is 5.02 Å². The second-order valence-electron chi connectivity index (χ2n) is 3.66. The first-order valence-corrected chi connectivity index (χ1v) is 6.84. The molecule has 1 heterocycles. The van der Waals surface area contributed by atoms with Crippen LogP contribution in [0.15, 0.2) is 47.2 Å². The number of rotatable bonds is 2. The van der Waals surface area contributed by atoms with E-state index >= 15 is 0 Å². The summed E-state index contributed by atoms with van der Waals surface area (Å²) in [5.41, 5.74) is 1.78. The molecule has 1 aromatic carbocycles. The largest absolute Gasteiger partial charge is 0.265 e. The summed E-state index contributed by atoms with van der Waals surface area (Å²) >= 11 is 15.7. The Hall–Kier alpha value is -1.34. The highest BCUT2D eigenvalue weighted by atomic mass is 79.9. The number of allylic oxidation sites excluding steroid dienone is 1. The van der Waals surface area contributed by atoms with Crippen molar-refractivity contribution in [1.82, 2.24) is 4.98 Å². The van der Waals surface area contributed by atoms with Crippen molar-refractivity contribution in [3.05, 3.63) is 63.3 Å². The van der Waals surface area contributed by atoms with E-state index in [-0.39, 0.29) is 0 Å². The Morgan fingerprint density at radius 2 is 1.89 bits per heavy atom. The Morgan fingerprint density at radius 3 is 2.53 bits per heavy atom. The molecule has 0 aliphatic carbocycles. The van der Waals surface area contributed by atoms with Crippen LogP contribution in [0.1, 0.15) is 11.1 Å². The van der Waals surface area contributed by atoms with Gasteiger partial charge in [-0.1, -0.05) is 39.1 Å². The molecule has 0 amide bonds. The SMILES string of the molecule is N#C/C(=C(/Cl)c1cc(Cl)ccc1Br)c1ccncc1. The van der Waals surface area contributed by atoms with E-state index in [9.17, 15) is 5.26 Å². The van der Waals surface area contributed by atoms with Gasteiger partial charge in [0.05, 0.1) is 10.6 Å². The van der Waals surface area contributed by atoms with Gasteiger partial charge in [-0.05, 0) is 35.9 Å². The quantitative estimate of drug-likeness (QED) is 0.702. The Morgan fingerprint density at radius 1 is 1.21 bits per heavy atom. The van der Waals surface area contributed by atoms with E-state index in [2.05, 4.69) is 27.0 Å². The molecule has 94 valence electrons. The molecule has 1 aromatic heterocycles. The first-order chi connectivity index (χ1) is 9.13. The predicted octanol–water partition coefficient (Wildman–Crippen LogP) is 5.13. The summed E-state index contributed by atoms with van der Waals surface area (Å²) in [5, 5.41) is 10.2. The van der Waals surface area contributed by atoms with Gasteiger partial charge in [0.15, 0.2) is 0 Å². The Kier molecular flexibility index (Phi) is 4.60. The fourth-order valence-electron chi connectivity index (χ4n) is 1.56. The fraction of sp³-hybridized carbons (Fsp3) is 0. The van der Waals surface area contributed by atoms with E-state index in [0.717, 1.165) is 10.0 Å². The molecular weight excluding hydrogens is 347 g/mol. The first kappa shape index (κ1) is 14.1. The number of nitriles is 1. The van der Waals surface area contributed by atoms with E-state index in [1.807, 2.05) is 0 Å². The highest BCUT2D eigenvalue weighted by Gasteiger charge is 2.12. The molecule has 2 rings (SSSR count). The smallest absolute Gasteiger partial charge is 0.101 e. The van der Waals surface area contributed by atoms with Crippen LogP contribution in [0.4, 0.5) is 0 Å². The Labute approximate surface area is 129 Å². The topological polar surface area (TPSA) is 36.7 Å². The second kappa shape index (κ2) is 6.21. The minimum Gasteiger partial charge on any atom is -0.265 e. The maximum atomic E-state index is 9.31. The third kappa shape index (κ3) is 3.16. The van der Waals surface area contributed by atoms with Gasteiger partial charge in [-0.3, -0.25) is 4.98 Å². The zero-order chi connectivity index (χ0) is 13.8. The van der Waals surface area contributed by atoms with Gasteiger partial charge in [0, 0.05) is 27.5 Å². The molecule has 0 saturated heterocycles. The maximum absolute atomic E-state index is 9.31. The van der Waals surface area contributed by atoms with Crippen molar-refractivity contribution in [2.75, 3.05) is 0 Å². The lowest BCUT2D eigenvalue weighted by Gasteiger charge is -2.07. The van der Waals surface area contributed by atoms with E-state index in [0.29, 0.717) is 21.2 Å². The van der Waals surface area contributed by atoms with Crippen LogP contribution >= 0.6 is 39.1 Å². The number of nitrogens with zero attached hydrogens (tertiary/aromatic N) is 2. The lowest BCUT2D eigenvalue weighted by atomic mass is 10.0. The highest BCUT2D eigenvalue weighted by molar-refractivity contribution is 9.10. The van der Waals surface area contributed by atoms with Crippen molar-refractivity contribution in [3.63, 3.8) is 0 Å². The van der Waals surface area contributed by atoms with Crippen molar-refractivity contribution in [2.24, 2.45) is 0 Å². The molecule has 0 aliphatic heterocycles. The maximum Gasteiger partial charge on any atom is 0.101 e. The van der Waals surface area contributed by atoms with Crippen LogP contribution in [0.3, 0.4) is 0 Å². The lowest BCUT2D eigenvalue weighted by molar-refractivity contribution is 1.32. The van der Waals surface area contributed by atoms with Gasteiger partial charge < -0.3 is 0 Å². The molecular formula is C14H7BrCl2N2. The number of hydrogen-bond acceptors (Lipinski definition) is 2. The third-order valence-electron chi connectivity index (χ3n) is 2.47. The third-order valence-corrected chi connectivity index (χ3v) is 3.78. The van der Waals surface area contributed by atoms with Gasteiger partial charge in [-0.15, -0.1) is 0 Å². The molecule has 0 atom stereocenters. The lowest BCUT2D eigenvalue weighted by Crippen LogP contribution is -1.88. The highest BCUT2D eigenvalue weighted by Crippen LogP contribution is 2.34. The van der Waals surface area contributed by atoms with Gasteiger partial charge >= 0.3 is 0 Å². The summed E-state index contributed by atoms with van der Waals surface area (Å²) < 4.78 is 0.781. The fourth-order valence-corrected chi connectivity index (χ4v) is 2.60. The minimum atomic E-state index is 0.350. The average Bonchev–Trinajstić information content (AvgIpc) is 2.43. The molecule has 2 nitrogen and oxygen atoms in total. The Balaban J connectivity index is 2.62.